The quantitative estimate of drug-likeness (QED) is 0.797. The molecule has 2 N–H and O–H groups in total. The zero-order valence-electron chi connectivity index (χ0n) is 13.1. The second-order valence-corrected chi connectivity index (χ2v) is 4.84. The number of hydrogen-bond acceptors (Lipinski definition) is 5. The summed E-state index contributed by atoms with van der Waals surface area (Å²) in [7, 11) is 4.50. The first kappa shape index (κ1) is 17.1. The standard InChI is InChI=1S/C15H23NO5/c1-9(8-17)10(2)16-15(18)11-6-12(19-3)14(21-5)13(7-11)20-4/h6-7,9-10,17H,8H2,1-5H3,(H,16,18). The lowest BCUT2D eigenvalue weighted by atomic mass is 10.0. The second kappa shape index (κ2) is 7.73. The molecule has 21 heavy (non-hydrogen) atoms. The van der Waals surface area contributed by atoms with Gasteiger partial charge in [-0.15, -0.1) is 0 Å². The minimum Gasteiger partial charge on any atom is -0.493 e. The van der Waals surface area contributed by atoms with Gasteiger partial charge in [-0.05, 0) is 25.0 Å². The predicted molar refractivity (Wildman–Crippen MR) is 79.3 cm³/mol. The molecule has 0 spiro atoms. The SMILES string of the molecule is COc1cc(C(=O)NC(C)C(C)CO)cc(OC)c1OC. The second-order valence-electron chi connectivity index (χ2n) is 4.84. The molecule has 0 aromatic heterocycles. The number of rotatable bonds is 7. The summed E-state index contributed by atoms with van der Waals surface area (Å²) in [4.78, 5) is 12.3. The maximum atomic E-state index is 12.3. The number of methoxy groups -OCH3 is 3. The van der Waals surface area contributed by atoms with Crippen molar-refractivity contribution in [2.45, 2.75) is 19.9 Å². The molecule has 0 saturated heterocycles. The first-order valence-electron chi connectivity index (χ1n) is 6.70. The lowest BCUT2D eigenvalue weighted by molar-refractivity contribution is 0.0915. The van der Waals surface area contributed by atoms with E-state index in [2.05, 4.69) is 5.32 Å². The van der Waals surface area contributed by atoms with Gasteiger partial charge in [-0.1, -0.05) is 6.92 Å². The summed E-state index contributed by atoms with van der Waals surface area (Å²) in [6, 6.07) is 3.03. The third-order valence-corrected chi connectivity index (χ3v) is 3.43. The number of carbonyl (C=O) groups is 1. The van der Waals surface area contributed by atoms with Gasteiger partial charge in [0.25, 0.3) is 5.91 Å². The van der Waals surface area contributed by atoms with Crippen LogP contribution in [-0.2, 0) is 0 Å². The van der Waals surface area contributed by atoms with Crippen molar-refractivity contribution >= 4 is 5.91 Å². The van der Waals surface area contributed by atoms with Crippen LogP contribution in [0.15, 0.2) is 12.1 Å². The summed E-state index contributed by atoms with van der Waals surface area (Å²) < 4.78 is 15.7. The molecule has 1 rings (SSSR count). The van der Waals surface area contributed by atoms with Crippen molar-refractivity contribution in [1.29, 1.82) is 0 Å². The Kier molecular flexibility index (Phi) is 6.30. The van der Waals surface area contributed by atoms with Crippen molar-refractivity contribution in [3.8, 4) is 17.2 Å². The minimum atomic E-state index is -0.262. The topological polar surface area (TPSA) is 77.0 Å². The first-order chi connectivity index (χ1) is 9.98. The van der Waals surface area contributed by atoms with Gasteiger partial charge < -0.3 is 24.6 Å². The van der Waals surface area contributed by atoms with Crippen LogP contribution in [0, 0.1) is 5.92 Å². The maximum absolute atomic E-state index is 12.3. The Balaban J connectivity index is 3.05. The van der Waals surface area contributed by atoms with Crippen LogP contribution in [0.4, 0.5) is 0 Å². The van der Waals surface area contributed by atoms with Gasteiger partial charge in [-0.25, -0.2) is 0 Å². The van der Waals surface area contributed by atoms with E-state index in [1.54, 1.807) is 12.1 Å². The van der Waals surface area contributed by atoms with Crippen molar-refractivity contribution < 1.29 is 24.1 Å². The summed E-state index contributed by atoms with van der Waals surface area (Å²) in [6.45, 7) is 3.72. The van der Waals surface area contributed by atoms with Gasteiger partial charge in [-0.2, -0.15) is 0 Å². The van der Waals surface area contributed by atoms with Crippen LogP contribution in [-0.4, -0.2) is 45.0 Å². The summed E-state index contributed by atoms with van der Waals surface area (Å²) in [5.74, 6) is 0.987. The Morgan fingerprint density at radius 2 is 1.67 bits per heavy atom. The molecule has 0 aliphatic heterocycles. The monoisotopic (exact) mass is 297 g/mol. The molecule has 2 atom stereocenters. The normalized spacial score (nSPS) is 13.2. The van der Waals surface area contributed by atoms with Gasteiger partial charge in [0.05, 0.1) is 21.3 Å². The van der Waals surface area contributed by atoms with E-state index in [9.17, 15) is 4.79 Å². The molecule has 0 bridgehead atoms. The first-order valence-corrected chi connectivity index (χ1v) is 6.70. The molecule has 0 fully saturated rings. The number of hydrogen-bond donors (Lipinski definition) is 2. The molecule has 6 heteroatoms. The highest BCUT2D eigenvalue weighted by molar-refractivity contribution is 5.95. The van der Waals surface area contributed by atoms with Crippen LogP contribution in [0.1, 0.15) is 24.2 Å². The third-order valence-electron chi connectivity index (χ3n) is 3.43. The molecule has 1 amide bonds. The fourth-order valence-electron chi connectivity index (χ4n) is 1.80. The lowest BCUT2D eigenvalue weighted by Crippen LogP contribution is -2.38. The van der Waals surface area contributed by atoms with Crippen LogP contribution in [0.5, 0.6) is 17.2 Å². The van der Waals surface area contributed by atoms with Crippen LogP contribution < -0.4 is 19.5 Å². The Labute approximate surface area is 125 Å². The molecule has 0 heterocycles. The molecule has 2 unspecified atom stereocenters. The molecular weight excluding hydrogens is 274 g/mol. The third kappa shape index (κ3) is 4.01. The number of carbonyl (C=O) groups excluding carboxylic acids is 1. The zero-order valence-corrected chi connectivity index (χ0v) is 13.1. The number of ether oxygens (including phenoxy) is 3. The van der Waals surface area contributed by atoms with Crippen LogP contribution in [0.3, 0.4) is 0 Å². The largest absolute Gasteiger partial charge is 0.493 e. The minimum absolute atomic E-state index is 0.0106. The predicted octanol–water partition coefficient (Wildman–Crippen LogP) is 1.46. The van der Waals surface area contributed by atoms with E-state index < -0.39 is 0 Å². The van der Waals surface area contributed by atoms with Gasteiger partial charge in [0.15, 0.2) is 11.5 Å². The molecule has 1 aromatic rings. The summed E-state index contributed by atoms with van der Waals surface area (Å²) in [5, 5.41) is 11.9. The molecule has 0 aliphatic rings. The number of aliphatic hydroxyl groups is 1. The van der Waals surface area contributed by atoms with Gasteiger partial charge in [0.1, 0.15) is 0 Å². The van der Waals surface area contributed by atoms with Gasteiger partial charge >= 0.3 is 0 Å². The number of benzene rings is 1. The fraction of sp³-hybridized carbons (Fsp3) is 0.533. The Bertz CT molecular complexity index is 464. The number of amides is 1. The van der Waals surface area contributed by atoms with Gasteiger partial charge in [0, 0.05) is 18.2 Å². The molecule has 0 radical (unpaired) electrons. The zero-order chi connectivity index (χ0) is 16.0. The van der Waals surface area contributed by atoms with Crippen molar-refractivity contribution in [1.82, 2.24) is 5.32 Å². The molecule has 0 aliphatic carbocycles. The van der Waals surface area contributed by atoms with E-state index in [4.69, 9.17) is 19.3 Å². The fourth-order valence-corrected chi connectivity index (χ4v) is 1.80. The van der Waals surface area contributed by atoms with Crippen molar-refractivity contribution in [2.75, 3.05) is 27.9 Å². The van der Waals surface area contributed by atoms with Crippen molar-refractivity contribution in [2.24, 2.45) is 5.92 Å². The van der Waals surface area contributed by atoms with Gasteiger partial charge in [0.2, 0.25) is 5.75 Å². The average molecular weight is 297 g/mol. The van der Waals surface area contributed by atoms with E-state index in [1.165, 1.54) is 21.3 Å². The van der Waals surface area contributed by atoms with E-state index in [0.29, 0.717) is 22.8 Å². The molecular formula is C15H23NO5. The lowest BCUT2D eigenvalue weighted by Gasteiger charge is -2.20. The highest BCUT2D eigenvalue weighted by Gasteiger charge is 2.19. The summed E-state index contributed by atoms with van der Waals surface area (Å²) in [5.41, 5.74) is 0.404. The smallest absolute Gasteiger partial charge is 0.251 e. The Morgan fingerprint density at radius 3 is 2.05 bits per heavy atom. The Hall–Kier alpha value is -1.95. The highest BCUT2D eigenvalue weighted by atomic mass is 16.5. The highest BCUT2D eigenvalue weighted by Crippen LogP contribution is 2.38. The van der Waals surface area contributed by atoms with E-state index >= 15 is 0 Å². The van der Waals surface area contributed by atoms with Crippen LogP contribution in [0.25, 0.3) is 0 Å². The van der Waals surface area contributed by atoms with E-state index in [1.807, 2.05) is 13.8 Å². The van der Waals surface area contributed by atoms with Crippen LogP contribution in [0.2, 0.25) is 0 Å². The maximum Gasteiger partial charge on any atom is 0.251 e. The van der Waals surface area contributed by atoms with Crippen molar-refractivity contribution in [3.05, 3.63) is 17.7 Å². The Morgan fingerprint density at radius 1 is 1.14 bits per heavy atom. The summed E-state index contributed by atoms with van der Waals surface area (Å²) in [6.07, 6.45) is 0. The summed E-state index contributed by atoms with van der Waals surface area (Å²) >= 11 is 0. The van der Waals surface area contributed by atoms with Crippen molar-refractivity contribution in [3.63, 3.8) is 0 Å². The number of aliphatic hydroxyl groups excluding tert-OH is 1. The van der Waals surface area contributed by atoms with Crippen LogP contribution >= 0.6 is 0 Å². The molecule has 0 saturated carbocycles. The molecule has 6 nitrogen and oxygen atoms in total. The number of nitrogens with one attached hydrogen (secondary N) is 1. The average Bonchev–Trinajstić information content (AvgIpc) is 2.51. The molecule has 118 valence electrons. The molecule has 1 aromatic carbocycles. The van der Waals surface area contributed by atoms with E-state index in [0.717, 1.165) is 0 Å². The van der Waals surface area contributed by atoms with Gasteiger partial charge in [-0.3, -0.25) is 4.79 Å². The van der Waals surface area contributed by atoms with E-state index in [-0.39, 0.29) is 24.5 Å².